The van der Waals surface area contributed by atoms with E-state index in [1.165, 1.54) is 25.0 Å². The molecule has 0 radical (unpaired) electrons. The van der Waals surface area contributed by atoms with E-state index < -0.39 is 0 Å². The molecule has 0 aliphatic carbocycles. The average Bonchev–Trinajstić information content (AvgIpc) is 2.94. The Morgan fingerprint density at radius 3 is 3.06 bits per heavy atom. The molecular weight excluding hydrogens is 226 g/mol. The minimum atomic E-state index is 0.434. The van der Waals surface area contributed by atoms with E-state index in [2.05, 4.69) is 31.1 Å². The Kier molecular flexibility index (Phi) is 3.32. The molecule has 1 saturated heterocycles. The predicted octanol–water partition coefficient (Wildman–Crippen LogP) is 1.93. The van der Waals surface area contributed by atoms with Gasteiger partial charge < -0.3 is 0 Å². The maximum Gasteiger partial charge on any atom is 0.0727 e. The number of likely N-dealkylation sites (tertiary alicyclic amines) is 1. The minimum Gasteiger partial charge on any atom is -0.289 e. The summed E-state index contributed by atoms with van der Waals surface area (Å²) in [6, 6.07) is 2.50. The molecule has 1 fully saturated rings. The predicted molar refractivity (Wildman–Crippen MR) is 67.6 cm³/mol. The van der Waals surface area contributed by atoms with Crippen molar-refractivity contribution in [3.8, 4) is 0 Å². The van der Waals surface area contributed by atoms with Crippen molar-refractivity contribution < 1.29 is 0 Å². The smallest absolute Gasteiger partial charge is 0.0727 e. The number of nitrogens with one attached hydrogen (secondary N) is 1. The number of nitrogens with zero attached hydrogens (tertiary/aromatic N) is 4. The summed E-state index contributed by atoms with van der Waals surface area (Å²) in [7, 11) is 0. The molecule has 0 unspecified atom stereocenters. The summed E-state index contributed by atoms with van der Waals surface area (Å²) in [5.41, 5.74) is 2.24. The molecule has 18 heavy (non-hydrogen) atoms. The number of aromatic amines is 1. The standard InChI is InChI=1S/C13H17N5/c1-2-8-18(10-11-9-14-6-7-15-11)13(3-1)12-4-5-16-17-12/h4-7,9,13H,1-3,8,10H2,(H,16,17)/t13-/m0/s1. The molecule has 0 amide bonds. The third kappa shape index (κ3) is 2.41. The first-order valence-electron chi connectivity index (χ1n) is 6.42. The highest BCUT2D eigenvalue weighted by molar-refractivity contribution is 5.07. The van der Waals surface area contributed by atoms with Gasteiger partial charge in [0.25, 0.3) is 0 Å². The topological polar surface area (TPSA) is 57.7 Å². The molecule has 3 rings (SSSR count). The van der Waals surface area contributed by atoms with Crippen LogP contribution in [0.25, 0.3) is 0 Å². The van der Waals surface area contributed by atoms with Crippen LogP contribution in [0.1, 0.15) is 36.7 Å². The third-order valence-electron chi connectivity index (χ3n) is 3.48. The molecular formula is C13H17N5. The molecule has 0 bridgehead atoms. The Bertz CT molecular complexity index is 467. The highest BCUT2D eigenvalue weighted by Crippen LogP contribution is 2.30. The Labute approximate surface area is 106 Å². The van der Waals surface area contributed by atoms with Gasteiger partial charge in [-0.15, -0.1) is 0 Å². The monoisotopic (exact) mass is 243 g/mol. The van der Waals surface area contributed by atoms with Crippen LogP contribution >= 0.6 is 0 Å². The van der Waals surface area contributed by atoms with E-state index in [1.807, 2.05) is 12.4 Å². The molecule has 94 valence electrons. The highest BCUT2D eigenvalue weighted by Gasteiger charge is 2.25. The van der Waals surface area contributed by atoms with Crippen molar-refractivity contribution >= 4 is 0 Å². The number of aromatic nitrogens is 4. The van der Waals surface area contributed by atoms with Gasteiger partial charge in [-0.2, -0.15) is 5.10 Å². The fourth-order valence-electron chi connectivity index (χ4n) is 2.60. The van der Waals surface area contributed by atoms with Crippen molar-refractivity contribution in [2.45, 2.75) is 31.8 Å². The van der Waals surface area contributed by atoms with Crippen LogP contribution in [0.3, 0.4) is 0 Å². The van der Waals surface area contributed by atoms with Crippen molar-refractivity contribution in [3.63, 3.8) is 0 Å². The van der Waals surface area contributed by atoms with Crippen molar-refractivity contribution in [1.82, 2.24) is 25.1 Å². The van der Waals surface area contributed by atoms with Gasteiger partial charge in [0.1, 0.15) is 0 Å². The lowest BCUT2D eigenvalue weighted by Crippen LogP contribution is -2.33. The third-order valence-corrected chi connectivity index (χ3v) is 3.48. The normalized spacial score (nSPS) is 21.0. The zero-order chi connectivity index (χ0) is 12.2. The van der Waals surface area contributed by atoms with Gasteiger partial charge in [0.05, 0.1) is 17.4 Å². The van der Waals surface area contributed by atoms with Crippen LogP contribution in [0.5, 0.6) is 0 Å². The maximum absolute atomic E-state index is 4.36. The molecule has 5 nitrogen and oxygen atoms in total. The van der Waals surface area contributed by atoms with Gasteiger partial charge in [0.2, 0.25) is 0 Å². The van der Waals surface area contributed by atoms with E-state index in [9.17, 15) is 0 Å². The van der Waals surface area contributed by atoms with Gasteiger partial charge in [-0.25, -0.2) is 0 Å². The van der Waals surface area contributed by atoms with Gasteiger partial charge >= 0.3 is 0 Å². The van der Waals surface area contributed by atoms with Crippen LogP contribution in [0.4, 0.5) is 0 Å². The van der Waals surface area contributed by atoms with Gasteiger partial charge in [-0.3, -0.25) is 20.0 Å². The second-order valence-electron chi connectivity index (χ2n) is 4.69. The molecule has 0 spiro atoms. The summed E-state index contributed by atoms with van der Waals surface area (Å²) in [4.78, 5) is 10.9. The summed E-state index contributed by atoms with van der Waals surface area (Å²) in [5.74, 6) is 0. The van der Waals surface area contributed by atoms with Crippen molar-refractivity contribution in [1.29, 1.82) is 0 Å². The second kappa shape index (κ2) is 5.27. The van der Waals surface area contributed by atoms with E-state index in [0.717, 1.165) is 18.8 Å². The number of H-pyrrole nitrogens is 1. The summed E-state index contributed by atoms with van der Waals surface area (Å²) >= 11 is 0. The van der Waals surface area contributed by atoms with Gasteiger partial charge in [0.15, 0.2) is 0 Å². The first-order chi connectivity index (χ1) is 8.93. The van der Waals surface area contributed by atoms with E-state index >= 15 is 0 Å². The van der Waals surface area contributed by atoms with Crippen LogP contribution in [-0.4, -0.2) is 31.6 Å². The zero-order valence-corrected chi connectivity index (χ0v) is 10.3. The Morgan fingerprint density at radius 2 is 2.28 bits per heavy atom. The van der Waals surface area contributed by atoms with E-state index in [4.69, 9.17) is 0 Å². The van der Waals surface area contributed by atoms with Gasteiger partial charge in [0, 0.05) is 31.3 Å². The fraction of sp³-hybridized carbons (Fsp3) is 0.462. The lowest BCUT2D eigenvalue weighted by Gasteiger charge is -2.34. The molecule has 3 heterocycles. The van der Waals surface area contributed by atoms with Crippen LogP contribution in [0.2, 0.25) is 0 Å². The average molecular weight is 243 g/mol. The minimum absolute atomic E-state index is 0.434. The maximum atomic E-state index is 4.36. The van der Waals surface area contributed by atoms with Crippen LogP contribution < -0.4 is 0 Å². The summed E-state index contributed by atoms with van der Waals surface area (Å²) in [6.07, 6.45) is 10.9. The molecule has 0 saturated carbocycles. The molecule has 1 N–H and O–H groups in total. The second-order valence-corrected chi connectivity index (χ2v) is 4.69. The van der Waals surface area contributed by atoms with Crippen molar-refractivity contribution in [2.24, 2.45) is 0 Å². The van der Waals surface area contributed by atoms with E-state index in [1.54, 1.807) is 12.4 Å². The van der Waals surface area contributed by atoms with Crippen molar-refractivity contribution in [3.05, 3.63) is 42.2 Å². The Hall–Kier alpha value is -1.75. The largest absolute Gasteiger partial charge is 0.289 e. The molecule has 2 aromatic heterocycles. The summed E-state index contributed by atoms with van der Waals surface area (Å²) in [5, 5.41) is 7.15. The quantitative estimate of drug-likeness (QED) is 0.895. The lowest BCUT2D eigenvalue weighted by molar-refractivity contribution is 0.135. The summed E-state index contributed by atoms with van der Waals surface area (Å²) in [6.45, 7) is 1.97. The molecule has 1 aliphatic heterocycles. The lowest BCUT2D eigenvalue weighted by atomic mass is 9.99. The van der Waals surface area contributed by atoms with Gasteiger partial charge in [-0.05, 0) is 25.5 Å². The molecule has 1 aliphatic rings. The Morgan fingerprint density at radius 1 is 1.28 bits per heavy atom. The molecule has 0 aromatic carbocycles. The highest BCUT2D eigenvalue weighted by atomic mass is 15.2. The number of rotatable bonds is 3. The van der Waals surface area contributed by atoms with Crippen LogP contribution in [-0.2, 0) is 6.54 Å². The zero-order valence-electron chi connectivity index (χ0n) is 10.3. The van der Waals surface area contributed by atoms with E-state index in [-0.39, 0.29) is 0 Å². The van der Waals surface area contributed by atoms with Crippen LogP contribution in [0, 0.1) is 0 Å². The fourth-order valence-corrected chi connectivity index (χ4v) is 2.60. The van der Waals surface area contributed by atoms with E-state index in [0.29, 0.717) is 6.04 Å². The van der Waals surface area contributed by atoms with Gasteiger partial charge in [-0.1, -0.05) is 6.42 Å². The molecule has 1 atom stereocenters. The first kappa shape index (κ1) is 11.3. The summed E-state index contributed by atoms with van der Waals surface area (Å²) < 4.78 is 0. The van der Waals surface area contributed by atoms with Crippen LogP contribution in [0.15, 0.2) is 30.9 Å². The number of hydrogen-bond acceptors (Lipinski definition) is 4. The number of hydrogen-bond donors (Lipinski definition) is 1. The Balaban J connectivity index is 1.76. The first-order valence-corrected chi connectivity index (χ1v) is 6.42. The molecule has 5 heteroatoms. The SMILES string of the molecule is c1cnc(CN2CCCC[C@H]2c2ccn[nH]2)cn1. The molecule has 2 aromatic rings. The van der Waals surface area contributed by atoms with Crippen molar-refractivity contribution in [2.75, 3.05) is 6.54 Å². The number of piperidine rings is 1.